The van der Waals surface area contributed by atoms with Crippen LogP contribution < -0.4 is 16.1 Å². The van der Waals surface area contributed by atoms with Crippen LogP contribution in [0.15, 0.2) is 30.3 Å². The number of aryl methyl sites for hydroxylation is 1. The second kappa shape index (κ2) is 6.16. The van der Waals surface area contributed by atoms with Gasteiger partial charge in [-0.3, -0.25) is 10.2 Å². The summed E-state index contributed by atoms with van der Waals surface area (Å²) in [6.07, 6.45) is 3.37. The van der Waals surface area contributed by atoms with Gasteiger partial charge in [0.1, 0.15) is 5.54 Å². The first kappa shape index (κ1) is 15.7. The number of nitrogens with one attached hydrogen (secondary N) is 3. The van der Waals surface area contributed by atoms with Crippen LogP contribution in [0, 0.1) is 0 Å². The number of benzene rings is 1. The Labute approximate surface area is 140 Å². The number of amides is 3. The number of carbonyl (C=O) groups is 2. The van der Waals surface area contributed by atoms with Crippen LogP contribution in [0.25, 0.3) is 0 Å². The number of hydrogen-bond donors (Lipinski definition) is 3. The summed E-state index contributed by atoms with van der Waals surface area (Å²) in [7, 11) is 0. The van der Waals surface area contributed by atoms with Crippen LogP contribution >= 0.6 is 12.2 Å². The van der Waals surface area contributed by atoms with E-state index in [9.17, 15) is 9.59 Å². The van der Waals surface area contributed by atoms with Crippen LogP contribution in [0.5, 0.6) is 0 Å². The standard InChI is InChI=1S/C16H20N4O2S/c1-16(10-9-11-5-3-2-4-6-11)13(21)20(15(22)18-16)19-14(23)17-12-7-8-12/h2-6,12H,7-10H2,1H3,(H,18,22)(H2,17,19,23)/t16-/m0/s1. The van der Waals surface area contributed by atoms with Gasteiger partial charge in [0.05, 0.1) is 0 Å². The zero-order valence-electron chi connectivity index (χ0n) is 13.0. The number of rotatable bonds is 5. The molecule has 3 rings (SSSR count). The lowest BCUT2D eigenvalue weighted by Crippen LogP contribution is -2.52. The van der Waals surface area contributed by atoms with Crippen molar-refractivity contribution in [2.75, 3.05) is 0 Å². The zero-order chi connectivity index (χ0) is 16.4. The molecule has 3 N–H and O–H groups in total. The Morgan fingerprint density at radius 1 is 1.35 bits per heavy atom. The van der Waals surface area contributed by atoms with Gasteiger partial charge in [0.25, 0.3) is 5.91 Å². The van der Waals surface area contributed by atoms with Crippen molar-refractivity contribution in [3.63, 3.8) is 0 Å². The summed E-state index contributed by atoms with van der Waals surface area (Å²) in [5.74, 6) is -0.307. The number of thiocarbonyl (C=S) groups is 1. The van der Waals surface area contributed by atoms with E-state index in [4.69, 9.17) is 12.2 Å². The van der Waals surface area contributed by atoms with Crippen molar-refractivity contribution in [1.82, 2.24) is 21.1 Å². The molecular weight excluding hydrogens is 312 g/mol. The van der Waals surface area contributed by atoms with E-state index in [2.05, 4.69) is 16.1 Å². The predicted octanol–water partition coefficient (Wildman–Crippen LogP) is 1.47. The molecule has 3 amide bonds. The monoisotopic (exact) mass is 332 g/mol. The Bertz CT molecular complexity index is 632. The maximum absolute atomic E-state index is 12.6. The normalized spacial score (nSPS) is 23.6. The average molecular weight is 332 g/mol. The predicted molar refractivity (Wildman–Crippen MR) is 90.4 cm³/mol. The molecule has 0 spiro atoms. The number of hydrazine groups is 1. The van der Waals surface area contributed by atoms with Crippen molar-refractivity contribution >= 4 is 29.3 Å². The lowest BCUT2D eigenvalue weighted by atomic mass is 9.93. The van der Waals surface area contributed by atoms with Crippen molar-refractivity contribution in [3.05, 3.63) is 35.9 Å². The summed E-state index contributed by atoms with van der Waals surface area (Å²) in [6, 6.07) is 9.79. The first-order valence-electron chi connectivity index (χ1n) is 7.76. The van der Waals surface area contributed by atoms with Crippen LogP contribution in [-0.2, 0) is 11.2 Å². The van der Waals surface area contributed by atoms with Crippen LogP contribution in [0.3, 0.4) is 0 Å². The van der Waals surface area contributed by atoms with Crippen LogP contribution in [-0.4, -0.2) is 33.6 Å². The highest BCUT2D eigenvalue weighted by atomic mass is 32.1. The van der Waals surface area contributed by atoms with Crippen molar-refractivity contribution in [3.8, 4) is 0 Å². The molecule has 0 aromatic heterocycles. The van der Waals surface area contributed by atoms with Crippen LogP contribution in [0.4, 0.5) is 4.79 Å². The topological polar surface area (TPSA) is 73.5 Å². The summed E-state index contributed by atoms with van der Waals surface area (Å²) < 4.78 is 0. The molecule has 23 heavy (non-hydrogen) atoms. The first-order valence-corrected chi connectivity index (χ1v) is 8.16. The summed E-state index contributed by atoms with van der Waals surface area (Å²) in [5.41, 5.74) is 2.91. The van der Waals surface area contributed by atoms with E-state index >= 15 is 0 Å². The Morgan fingerprint density at radius 3 is 2.70 bits per heavy atom. The van der Waals surface area contributed by atoms with E-state index in [1.807, 2.05) is 30.3 Å². The van der Waals surface area contributed by atoms with Crippen molar-refractivity contribution < 1.29 is 9.59 Å². The van der Waals surface area contributed by atoms with Crippen molar-refractivity contribution in [1.29, 1.82) is 0 Å². The van der Waals surface area contributed by atoms with E-state index < -0.39 is 11.6 Å². The molecule has 1 aliphatic heterocycles. The molecule has 0 unspecified atom stereocenters. The molecule has 2 aliphatic rings. The summed E-state index contributed by atoms with van der Waals surface area (Å²) >= 11 is 5.13. The van der Waals surface area contributed by atoms with Gasteiger partial charge < -0.3 is 10.6 Å². The fraction of sp³-hybridized carbons (Fsp3) is 0.438. The molecule has 6 nitrogen and oxygen atoms in total. The number of imide groups is 1. The summed E-state index contributed by atoms with van der Waals surface area (Å²) in [4.78, 5) is 24.7. The second-order valence-corrected chi connectivity index (χ2v) is 6.66. The van der Waals surface area contributed by atoms with Gasteiger partial charge >= 0.3 is 6.03 Å². The minimum absolute atomic E-state index is 0.307. The maximum atomic E-state index is 12.6. The van der Waals surface area contributed by atoms with Gasteiger partial charge in [0, 0.05) is 6.04 Å². The highest BCUT2D eigenvalue weighted by molar-refractivity contribution is 7.80. The lowest BCUT2D eigenvalue weighted by molar-refractivity contribution is -0.132. The van der Waals surface area contributed by atoms with Gasteiger partial charge in [-0.1, -0.05) is 30.3 Å². The molecule has 1 saturated heterocycles. The van der Waals surface area contributed by atoms with Gasteiger partial charge in [-0.05, 0) is 50.4 Å². The minimum atomic E-state index is -0.922. The fourth-order valence-corrected chi connectivity index (χ4v) is 2.80. The quantitative estimate of drug-likeness (QED) is 0.562. The highest BCUT2D eigenvalue weighted by Gasteiger charge is 2.48. The Hall–Kier alpha value is -2.15. The molecule has 0 bridgehead atoms. The van der Waals surface area contributed by atoms with Gasteiger partial charge in [0.2, 0.25) is 0 Å². The second-order valence-electron chi connectivity index (χ2n) is 6.25. The third kappa shape index (κ3) is 3.61. The van der Waals surface area contributed by atoms with E-state index in [-0.39, 0.29) is 5.91 Å². The number of carbonyl (C=O) groups excluding carboxylic acids is 2. The highest BCUT2D eigenvalue weighted by Crippen LogP contribution is 2.22. The number of hydrogen-bond acceptors (Lipinski definition) is 3. The molecule has 2 fully saturated rings. The molecule has 0 radical (unpaired) electrons. The number of urea groups is 1. The van der Waals surface area contributed by atoms with Gasteiger partial charge in [-0.15, -0.1) is 0 Å². The molecule has 122 valence electrons. The third-order valence-corrected chi connectivity index (χ3v) is 4.35. The van der Waals surface area contributed by atoms with E-state index in [0.717, 1.165) is 23.4 Å². The number of nitrogens with zero attached hydrogens (tertiary/aromatic N) is 1. The van der Waals surface area contributed by atoms with Gasteiger partial charge in [-0.2, -0.15) is 5.01 Å². The van der Waals surface area contributed by atoms with E-state index in [1.165, 1.54) is 0 Å². The fourth-order valence-electron chi connectivity index (χ4n) is 2.54. The molecule has 7 heteroatoms. The molecule has 1 atom stereocenters. The van der Waals surface area contributed by atoms with Crippen LogP contribution in [0.2, 0.25) is 0 Å². The Kier molecular flexibility index (Phi) is 4.21. The van der Waals surface area contributed by atoms with Gasteiger partial charge in [0.15, 0.2) is 5.11 Å². The Balaban J connectivity index is 1.60. The molecule has 1 aliphatic carbocycles. The van der Waals surface area contributed by atoms with E-state index in [0.29, 0.717) is 24.0 Å². The third-order valence-electron chi connectivity index (χ3n) is 4.14. The largest absolute Gasteiger partial charge is 0.359 e. The lowest BCUT2D eigenvalue weighted by Gasteiger charge is -2.22. The average Bonchev–Trinajstić information content (AvgIpc) is 3.31. The van der Waals surface area contributed by atoms with Crippen molar-refractivity contribution in [2.24, 2.45) is 0 Å². The maximum Gasteiger partial charge on any atom is 0.344 e. The first-order chi connectivity index (χ1) is 11.0. The zero-order valence-corrected chi connectivity index (χ0v) is 13.8. The molecule has 1 aromatic rings. The summed E-state index contributed by atoms with van der Waals surface area (Å²) in [6.45, 7) is 1.75. The van der Waals surface area contributed by atoms with Crippen molar-refractivity contribution in [2.45, 2.75) is 44.2 Å². The summed E-state index contributed by atoms with van der Waals surface area (Å²) in [5, 5.41) is 7.10. The molecule has 1 heterocycles. The van der Waals surface area contributed by atoms with Crippen LogP contribution in [0.1, 0.15) is 31.7 Å². The smallest absolute Gasteiger partial charge is 0.344 e. The molecular formula is C16H20N4O2S. The molecule has 1 aromatic carbocycles. The molecule has 1 saturated carbocycles. The minimum Gasteiger partial charge on any atom is -0.359 e. The van der Waals surface area contributed by atoms with Gasteiger partial charge in [-0.25, -0.2) is 4.79 Å². The Morgan fingerprint density at radius 2 is 2.04 bits per heavy atom. The SMILES string of the molecule is C[C@@]1(CCc2ccccc2)NC(=O)N(NC(=S)NC2CC2)C1=O. The van der Waals surface area contributed by atoms with E-state index in [1.54, 1.807) is 6.92 Å².